The number of pyridine rings is 1. The van der Waals surface area contributed by atoms with Gasteiger partial charge in [0.15, 0.2) is 0 Å². The number of likely N-dealkylation sites (tertiary alicyclic amines) is 1. The number of nitrogens with zero attached hydrogens (tertiary/aromatic N) is 2. The number of aromatic nitrogens is 1. The fraction of sp³-hybridized carbons (Fsp3) is 0.583. The zero-order valence-electron chi connectivity index (χ0n) is 9.45. The zero-order chi connectivity index (χ0) is 11.2. The van der Waals surface area contributed by atoms with Crippen LogP contribution in [0.3, 0.4) is 0 Å². The Morgan fingerprint density at radius 2 is 2.19 bits per heavy atom. The van der Waals surface area contributed by atoms with E-state index in [0.717, 1.165) is 13.1 Å². The molecule has 0 saturated carbocycles. The summed E-state index contributed by atoms with van der Waals surface area (Å²) >= 11 is 0. The molecule has 16 heavy (non-hydrogen) atoms. The summed E-state index contributed by atoms with van der Waals surface area (Å²) in [6.45, 7) is 3.78. The average molecular weight is 223 g/mol. The third-order valence-corrected chi connectivity index (χ3v) is 2.95. The Hall–Kier alpha value is -1.16. The summed E-state index contributed by atoms with van der Waals surface area (Å²) in [4.78, 5) is 6.57. The molecule has 1 fully saturated rings. The molecular weight excluding hydrogens is 205 g/mol. The molecule has 88 valence electrons. The van der Waals surface area contributed by atoms with Crippen LogP contribution in [0, 0.1) is 0 Å². The van der Waals surface area contributed by atoms with E-state index >= 15 is 0 Å². The molecule has 0 aliphatic carbocycles. The predicted octanol–water partition coefficient (Wildman–Crippen LogP) is 2.06. The van der Waals surface area contributed by atoms with Crippen LogP contribution in [0.2, 0.25) is 0 Å². The highest BCUT2D eigenvalue weighted by atomic mass is 19.1. The van der Waals surface area contributed by atoms with Gasteiger partial charge in [0.2, 0.25) is 0 Å². The Morgan fingerprint density at radius 1 is 1.38 bits per heavy atom. The van der Waals surface area contributed by atoms with E-state index in [4.69, 9.17) is 0 Å². The Balaban J connectivity index is 1.79. The van der Waals surface area contributed by atoms with E-state index in [-0.39, 0.29) is 0 Å². The lowest BCUT2D eigenvalue weighted by Gasteiger charge is -2.15. The van der Waals surface area contributed by atoms with E-state index in [2.05, 4.69) is 15.2 Å². The van der Waals surface area contributed by atoms with Gasteiger partial charge in [-0.1, -0.05) is 6.07 Å². The summed E-state index contributed by atoms with van der Waals surface area (Å²) in [6, 6.07) is 3.53. The quantitative estimate of drug-likeness (QED) is 0.828. The van der Waals surface area contributed by atoms with Crippen molar-refractivity contribution in [2.75, 3.05) is 31.5 Å². The van der Waals surface area contributed by atoms with Crippen molar-refractivity contribution in [2.45, 2.75) is 19.5 Å². The fourth-order valence-corrected chi connectivity index (χ4v) is 2.04. The monoisotopic (exact) mass is 223 g/mol. The van der Waals surface area contributed by atoms with E-state index in [1.54, 1.807) is 18.3 Å². The van der Waals surface area contributed by atoms with Gasteiger partial charge in [-0.25, -0.2) is 9.37 Å². The number of nitrogens with one attached hydrogen (secondary N) is 1. The van der Waals surface area contributed by atoms with Gasteiger partial charge in [0.25, 0.3) is 0 Å². The summed E-state index contributed by atoms with van der Waals surface area (Å²) in [5.41, 5.74) is 0.643. The van der Waals surface area contributed by atoms with Crippen LogP contribution >= 0.6 is 0 Å². The van der Waals surface area contributed by atoms with Crippen LogP contribution in [-0.2, 0) is 6.67 Å². The van der Waals surface area contributed by atoms with E-state index in [1.807, 2.05) is 0 Å². The molecule has 0 spiro atoms. The molecule has 3 nitrogen and oxygen atoms in total. The van der Waals surface area contributed by atoms with Crippen LogP contribution in [0.4, 0.5) is 10.2 Å². The molecule has 0 unspecified atom stereocenters. The van der Waals surface area contributed by atoms with Gasteiger partial charge in [0.05, 0.1) is 0 Å². The van der Waals surface area contributed by atoms with Crippen molar-refractivity contribution in [2.24, 2.45) is 0 Å². The second-order valence-corrected chi connectivity index (χ2v) is 4.12. The molecule has 0 bridgehead atoms. The van der Waals surface area contributed by atoms with E-state index in [0.29, 0.717) is 11.4 Å². The second-order valence-electron chi connectivity index (χ2n) is 4.12. The molecule has 1 aromatic rings. The minimum absolute atomic E-state index is 0.458. The van der Waals surface area contributed by atoms with Gasteiger partial charge in [0.1, 0.15) is 12.5 Å². The van der Waals surface area contributed by atoms with Gasteiger partial charge < -0.3 is 10.2 Å². The third-order valence-electron chi connectivity index (χ3n) is 2.95. The number of halogens is 1. The molecule has 1 aliphatic rings. The highest BCUT2D eigenvalue weighted by Crippen LogP contribution is 2.12. The molecule has 2 rings (SSSR count). The molecule has 1 saturated heterocycles. The lowest BCUT2D eigenvalue weighted by molar-refractivity contribution is 0.352. The molecular formula is C12H18FN3. The fourth-order valence-electron chi connectivity index (χ4n) is 2.04. The van der Waals surface area contributed by atoms with Crippen LogP contribution in [0.15, 0.2) is 18.3 Å². The minimum Gasteiger partial charge on any atom is -0.368 e. The Kier molecular flexibility index (Phi) is 4.10. The minimum atomic E-state index is -0.458. The summed E-state index contributed by atoms with van der Waals surface area (Å²) in [5.74, 6) is 0.684. The Labute approximate surface area is 95.7 Å². The highest BCUT2D eigenvalue weighted by molar-refractivity contribution is 5.43. The Morgan fingerprint density at radius 3 is 2.94 bits per heavy atom. The zero-order valence-corrected chi connectivity index (χ0v) is 9.45. The van der Waals surface area contributed by atoms with Crippen molar-refractivity contribution in [1.29, 1.82) is 0 Å². The lowest BCUT2D eigenvalue weighted by atomic mass is 10.3. The number of hydrogen-bond donors (Lipinski definition) is 1. The largest absolute Gasteiger partial charge is 0.368 e. The topological polar surface area (TPSA) is 28.2 Å². The summed E-state index contributed by atoms with van der Waals surface area (Å²) < 4.78 is 12.6. The number of anilines is 1. The van der Waals surface area contributed by atoms with E-state index in [1.165, 1.54) is 25.9 Å². The van der Waals surface area contributed by atoms with Crippen LogP contribution < -0.4 is 5.32 Å². The highest BCUT2D eigenvalue weighted by Gasteiger charge is 2.10. The molecule has 4 heteroatoms. The van der Waals surface area contributed by atoms with Crippen molar-refractivity contribution in [3.05, 3.63) is 23.9 Å². The maximum absolute atomic E-state index is 12.6. The van der Waals surface area contributed by atoms with Crippen LogP contribution in [0.5, 0.6) is 0 Å². The van der Waals surface area contributed by atoms with E-state index in [9.17, 15) is 4.39 Å². The first-order valence-electron chi connectivity index (χ1n) is 5.86. The maximum Gasteiger partial charge on any atom is 0.131 e. The molecule has 1 N–H and O–H groups in total. The van der Waals surface area contributed by atoms with Gasteiger partial charge in [-0.3, -0.25) is 0 Å². The second kappa shape index (κ2) is 5.80. The van der Waals surface area contributed by atoms with Crippen LogP contribution in [0.25, 0.3) is 0 Å². The van der Waals surface area contributed by atoms with Crippen molar-refractivity contribution in [3.63, 3.8) is 0 Å². The molecule has 0 atom stereocenters. The first kappa shape index (κ1) is 11.3. The number of alkyl halides is 1. The molecule has 0 radical (unpaired) electrons. The molecule has 1 aromatic heterocycles. The maximum atomic E-state index is 12.6. The molecule has 0 aromatic carbocycles. The van der Waals surface area contributed by atoms with Gasteiger partial charge in [-0.15, -0.1) is 0 Å². The van der Waals surface area contributed by atoms with Crippen molar-refractivity contribution >= 4 is 5.82 Å². The number of rotatable bonds is 5. The van der Waals surface area contributed by atoms with E-state index < -0.39 is 6.67 Å². The van der Waals surface area contributed by atoms with Crippen molar-refractivity contribution in [1.82, 2.24) is 9.88 Å². The summed E-state index contributed by atoms with van der Waals surface area (Å²) in [6.07, 6.45) is 4.30. The molecule has 2 heterocycles. The number of hydrogen-bond acceptors (Lipinski definition) is 3. The SMILES string of the molecule is FCc1cccnc1NCCN1CCCC1. The lowest BCUT2D eigenvalue weighted by Crippen LogP contribution is -2.26. The predicted molar refractivity (Wildman–Crippen MR) is 63.2 cm³/mol. The van der Waals surface area contributed by atoms with Gasteiger partial charge in [0, 0.05) is 24.8 Å². The van der Waals surface area contributed by atoms with Gasteiger partial charge in [-0.05, 0) is 32.0 Å². The summed E-state index contributed by atoms with van der Waals surface area (Å²) in [7, 11) is 0. The Bertz CT molecular complexity index is 324. The first-order chi connectivity index (χ1) is 7.90. The first-order valence-corrected chi connectivity index (χ1v) is 5.86. The molecule has 0 amide bonds. The normalized spacial score (nSPS) is 16.6. The van der Waals surface area contributed by atoms with Crippen LogP contribution in [0.1, 0.15) is 18.4 Å². The van der Waals surface area contributed by atoms with Crippen LogP contribution in [-0.4, -0.2) is 36.1 Å². The average Bonchev–Trinajstić information content (AvgIpc) is 2.83. The third kappa shape index (κ3) is 2.92. The smallest absolute Gasteiger partial charge is 0.131 e. The molecule has 1 aliphatic heterocycles. The van der Waals surface area contributed by atoms with Crippen molar-refractivity contribution in [3.8, 4) is 0 Å². The summed E-state index contributed by atoms with van der Waals surface area (Å²) in [5, 5.41) is 3.20. The standard InChI is InChI=1S/C12H18FN3/c13-10-11-4-3-5-14-12(11)15-6-9-16-7-1-2-8-16/h3-5H,1-2,6-10H2,(H,14,15). The van der Waals surface area contributed by atoms with Crippen molar-refractivity contribution < 1.29 is 4.39 Å². The van der Waals surface area contributed by atoms with Gasteiger partial charge in [-0.2, -0.15) is 0 Å². The van der Waals surface area contributed by atoms with Gasteiger partial charge >= 0.3 is 0 Å².